The molecule has 0 aliphatic heterocycles. The summed E-state index contributed by atoms with van der Waals surface area (Å²) in [4.78, 5) is 26.0. The van der Waals surface area contributed by atoms with Crippen LogP contribution in [0.25, 0.3) is 5.53 Å². The molecule has 0 unspecified atom stereocenters. The van der Waals surface area contributed by atoms with E-state index in [9.17, 15) is 9.59 Å². The first-order valence-electron chi connectivity index (χ1n) is 8.23. The van der Waals surface area contributed by atoms with E-state index >= 15 is 0 Å². The number of hydrogen-bond acceptors (Lipinski definition) is 5. The Morgan fingerprint density at radius 1 is 1.16 bits per heavy atom. The lowest BCUT2D eigenvalue weighted by Crippen LogP contribution is -2.39. The number of rotatable bonds is 7. The average Bonchev–Trinajstić information content (AvgIpc) is 2.61. The summed E-state index contributed by atoms with van der Waals surface area (Å²) in [6.45, 7) is 1.53. The molecule has 1 aliphatic carbocycles. The molecule has 0 heterocycles. The van der Waals surface area contributed by atoms with Gasteiger partial charge in [-0.05, 0) is 37.0 Å². The molecule has 0 saturated heterocycles. The summed E-state index contributed by atoms with van der Waals surface area (Å²) in [5, 5.41) is 0. The fourth-order valence-electron chi connectivity index (χ4n) is 2.76. The second kappa shape index (κ2) is 9.11. The summed E-state index contributed by atoms with van der Waals surface area (Å²) >= 11 is 0. The number of carbonyl (C=O) groups is 2. The van der Waals surface area contributed by atoms with Crippen molar-refractivity contribution < 1.29 is 28.6 Å². The Bertz CT molecular complexity index is 665. The van der Waals surface area contributed by atoms with Crippen LogP contribution in [-0.4, -0.2) is 41.6 Å². The molecule has 134 valence electrons. The number of ether oxygens (including phenoxy) is 3. The first-order valence-corrected chi connectivity index (χ1v) is 8.23. The maximum absolute atomic E-state index is 12.0. The number of hydrogen-bond donors (Lipinski definition) is 0. The lowest BCUT2D eigenvalue weighted by atomic mass is 9.94. The zero-order valence-corrected chi connectivity index (χ0v) is 14.4. The van der Waals surface area contributed by atoms with Crippen LogP contribution in [0.15, 0.2) is 24.3 Å². The maximum Gasteiger partial charge on any atom is 0.441 e. The molecule has 0 N–H and O–H groups in total. The van der Waals surface area contributed by atoms with E-state index in [0.717, 1.165) is 37.5 Å². The zero-order valence-electron chi connectivity index (χ0n) is 14.4. The van der Waals surface area contributed by atoms with Gasteiger partial charge in [0.05, 0.1) is 19.8 Å². The van der Waals surface area contributed by atoms with Crippen molar-refractivity contribution in [2.24, 2.45) is 0 Å². The molecule has 1 saturated carbocycles. The molecule has 0 bridgehead atoms. The first-order chi connectivity index (χ1) is 12.0. The number of nitrogens with zero attached hydrogens (tertiary/aromatic N) is 2. The highest BCUT2D eigenvalue weighted by molar-refractivity contribution is 6.61. The molecule has 1 aromatic carbocycles. The van der Waals surface area contributed by atoms with Gasteiger partial charge in [-0.2, -0.15) is 4.79 Å². The Kier molecular flexibility index (Phi) is 6.86. The van der Waals surface area contributed by atoms with Crippen molar-refractivity contribution in [1.82, 2.24) is 0 Å². The third-order valence-electron chi connectivity index (χ3n) is 4.15. The van der Waals surface area contributed by atoms with Crippen LogP contribution in [0.3, 0.4) is 0 Å². The smallest absolute Gasteiger partial charge is 0.441 e. The van der Waals surface area contributed by atoms with E-state index in [1.807, 2.05) is 24.3 Å². The molecule has 25 heavy (non-hydrogen) atoms. The third-order valence-corrected chi connectivity index (χ3v) is 4.15. The molecule has 1 aromatic rings. The Morgan fingerprint density at radius 3 is 2.36 bits per heavy atom. The quantitative estimate of drug-likeness (QED) is 0.248. The number of methoxy groups -OCH3 is 1. The molecule has 0 amide bonds. The van der Waals surface area contributed by atoms with E-state index < -0.39 is 23.6 Å². The minimum absolute atomic E-state index is 0.258. The van der Waals surface area contributed by atoms with Crippen LogP contribution in [0.5, 0.6) is 5.75 Å². The number of ketones is 1. The van der Waals surface area contributed by atoms with Gasteiger partial charge in [0.1, 0.15) is 11.9 Å². The van der Waals surface area contributed by atoms with Gasteiger partial charge >= 0.3 is 11.7 Å². The van der Waals surface area contributed by atoms with Crippen LogP contribution in [0, 0.1) is 0 Å². The van der Waals surface area contributed by atoms with Crippen molar-refractivity contribution in [3.05, 3.63) is 35.4 Å². The highest BCUT2D eigenvalue weighted by Crippen LogP contribution is 2.25. The van der Waals surface area contributed by atoms with Crippen molar-refractivity contribution >= 4 is 17.5 Å². The summed E-state index contributed by atoms with van der Waals surface area (Å²) in [6, 6.07) is 7.53. The summed E-state index contributed by atoms with van der Waals surface area (Å²) in [6.07, 6.45) is 2.58. The van der Waals surface area contributed by atoms with Crippen LogP contribution in [-0.2, 0) is 25.7 Å². The summed E-state index contributed by atoms with van der Waals surface area (Å²) in [5.41, 5.74) is 9.17. The minimum atomic E-state index is -0.917. The molecule has 0 spiro atoms. The largest absolute Gasteiger partial charge is 0.497 e. The molecule has 7 heteroatoms. The Morgan fingerprint density at radius 2 is 1.80 bits per heavy atom. The van der Waals surface area contributed by atoms with Crippen molar-refractivity contribution in [1.29, 1.82) is 0 Å². The van der Waals surface area contributed by atoms with Gasteiger partial charge in [-0.1, -0.05) is 18.6 Å². The normalized spacial score (nSPS) is 19.6. The Balaban J connectivity index is 1.96. The highest BCUT2D eigenvalue weighted by atomic mass is 16.6. The van der Waals surface area contributed by atoms with Crippen LogP contribution in [0.2, 0.25) is 0 Å². The van der Waals surface area contributed by atoms with Crippen LogP contribution in [0.1, 0.15) is 38.2 Å². The fraction of sp³-hybridized carbons (Fsp3) is 0.500. The number of esters is 1. The Labute approximate surface area is 146 Å². The first kappa shape index (κ1) is 18.8. The monoisotopic (exact) mass is 346 g/mol. The highest BCUT2D eigenvalue weighted by Gasteiger charge is 2.35. The van der Waals surface area contributed by atoms with E-state index in [1.54, 1.807) is 7.11 Å². The molecular formula is C18H22N2O5. The number of benzene rings is 1. The summed E-state index contributed by atoms with van der Waals surface area (Å²) in [7, 11) is 1.61. The molecule has 0 aromatic heterocycles. The third kappa shape index (κ3) is 5.24. The molecule has 2 atom stereocenters. The van der Waals surface area contributed by atoms with Gasteiger partial charge in [-0.25, -0.2) is 4.79 Å². The fourth-order valence-corrected chi connectivity index (χ4v) is 2.76. The zero-order chi connectivity index (χ0) is 18.2. The predicted octanol–water partition coefficient (Wildman–Crippen LogP) is 2.33. The SMILES string of the molecule is COc1ccc(CO[C@@H]2CCCC[C@H]2OC(=O)C(=[N+]=[N-])C(C)=O)cc1. The molecule has 0 radical (unpaired) electrons. The van der Waals surface area contributed by atoms with Crippen LogP contribution >= 0.6 is 0 Å². The van der Waals surface area contributed by atoms with Gasteiger partial charge in [0.15, 0.2) is 0 Å². The van der Waals surface area contributed by atoms with Gasteiger partial charge in [-0.15, -0.1) is 0 Å². The van der Waals surface area contributed by atoms with Crippen molar-refractivity contribution in [3.8, 4) is 5.75 Å². The van der Waals surface area contributed by atoms with Crippen molar-refractivity contribution in [2.75, 3.05) is 7.11 Å². The second-order valence-corrected chi connectivity index (χ2v) is 5.93. The maximum atomic E-state index is 12.0. The van der Waals surface area contributed by atoms with E-state index in [-0.39, 0.29) is 6.10 Å². The van der Waals surface area contributed by atoms with E-state index in [1.165, 1.54) is 0 Å². The predicted molar refractivity (Wildman–Crippen MR) is 89.2 cm³/mol. The lowest BCUT2D eigenvalue weighted by Gasteiger charge is -2.30. The van der Waals surface area contributed by atoms with Gasteiger partial charge in [0.2, 0.25) is 5.78 Å². The van der Waals surface area contributed by atoms with Crippen LogP contribution < -0.4 is 4.74 Å². The molecule has 1 fully saturated rings. The van der Waals surface area contributed by atoms with Gasteiger partial charge < -0.3 is 19.7 Å². The molecule has 2 rings (SSSR count). The molecule has 7 nitrogen and oxygen atoms in total. The van der Waals surface area contributed by atoms with Crippen molar-refractivity contribution in [3.63, 3.8) is 0 Å². The standard InChI is InChI=1S/C18H22N2O5/c1-12(21)17(20-19)18(22)25-16-6-4-3-5-15(16)24-11-13-7-9-14(23-2)10-8-13/h7-10,15-16H,3-6,11H2,1-2H3/t15-,16-/m1/s1. The molecule has 1 aliphatic rings. The van der Waals surface area contributed by atoms with Gasteiger partial charge in [0, 0.05) is 6.92 Å². The minimum Gasteiger partial charge on any atom is -0.497 e. The van der Waals surface area contributed by atoms with E-state index in [2.05, 4.69) is 4.79 Å². The average molecular weight is 346 g/mol. The summed E-state index contributed by atoms with van der Waals surface area (Å²) < 4.78 is 16.4. The second-order valence-electron chi connectivity index (χ2n) is 5.93. The molecular weight excluding hydrogens is 324 g/mol. The topological polar surface area (TPSA) is 98.2 Å². The summed E-state index contributed by atoms with van der Waals surface area (Å²) in [5.74, 6) is -0.785. The number of Topliss-reactive ketones (excluding diaryl/α,β-unsaturated/α-hetero) is 1. The lowest BCUT2D eigenvalue weighted by molar-refractivity contribution is -0.158. The van der Waals surface area contributed by atoms with Crippen LogP contribution in [0.4, 0.5) is 0 Å². The Hall–Kier alpha value is -2.50. The van der Waals surface area contributed by atoms with Gasteiger partial charge in [-0.3, -0.25) is 4.79 Å². The van der Waals surface area contributed by atoms with Gasteiger partial charge in [0.25, 0.3) is 0 Å². The van der Waals surface area contributed by atoms with Crippen molar-refractivity contribution in [2.45, 2.75) is 51.4 Å². The number of carbonyl (C=O) groups excluding carboxylic acids is 2. The van der Waals surface area contributed by atoms with E-state index in [0.29, 0.717) is 13.0 Å². The van der Waals surface area contributed by atoms with E-state index in [4.69, 9.17) is 19.7 Å².